The maximum atomic E-state index is 10.4. The number of carbonyl (C=O) groups excluding carboxylic acids is 1. The highest BCUT2D eigenvalue weighted by Crippen LogP contribution is 2.26. The van der Waals surface area contributed by atoms with Gasteiger partial charge in [0.15, 0.2) is 6.29 Å². The fourth-order valence-corrected chi connectivity index (χ4v) is 1.52. The van der Waals surface area contributed by atoms with Gasteiger partial charge in [0.1, 0.15) is 5.75 Å². The van der Waals surface area contributed by atoms with Crippen molar-refractivity contribution in [3.05, 3.63) is 15.8 Å². The molecule has 1 aromatic heterocycles. The van der Waals surface area contributed by atoms with Crippen LogP contribution in [0.25, 0.3) is 0 Å². The molecule has 0 bridgehead atoms. The van der Waals surface area contributed by atoms with Crippen molar-refractivity contribution in [1.29, 1.82) is 0 Å². The van der Waals surface area contributed by atoms with Crippen molar-refractivity contribution in [2.24, 2.45) is 0 Å². The molecule has 1 aromatic rings. The van der Waals surface area contributed by atoms with Crippen molar-refractivity contribution in [2.45, 2.75) is 6.92 Å². The lowest BCUT2D eigenvalue weighted by molar-refractivity contribution is 0.112. The summed E-state index contributed by atoms with van der Waals surface area (Å²) in [5.41, 5.74) is 0.674. The van der Waals surface area contributed by atoms with E-state index in [9.17, 15) is 4.79 Å². The van der Waals surface area contributed by atoms with Gasteiger partial charge in [-0.05, 0) is 6.92 Å². The highest BCUT2D eigenvalue weighted by Gasteiger charge is 2.05. The number of thiophene rings is 1. The van der Waals surface area contributed by atoms with Crippen molar-refractivity contribution in [3.8, 4) is 5.75 Å². The van der Waals surface area contributed by atoms with Gasteiger partial charge < -0.3 is 4.74 Å². The number of aldehydes is 1. The first kappa shape index (κ1) is 7.28. The van der Waals surface area contributed by atoms with Crippen molar-refractivity contribution < 1.29 is 9.53 Å². The van der Waals surface area contributed by atoms with Gasteiger partial charge in [0.05, 0.1) is 12.7 Å². The van der Waals surface area contributed by atoms with Gasteiger partial charge in [0.2, 0.25) is 0 Å². The van der Waals surface area contributed by atoms with Crippen LogP contribution in [0.1, 0.15) is 15.2 Å². The number of hydrogen-bond donors (Lipinski definition) is 0. The molecule has 1 heterocycles. The van der Waals surface area contributed by atoms with E-state index in [2.05, 4.69) is 0 Å². The maximum absolute atomic E-state index is 10.4. The predicted molar refractivity (Wildman–Crippen MR) is 41.0 cm³/mol. The van der Waals surface area contributed by atoms with E-state index in [1.807, 2.05) is 12.3 Å². The van der Waals surface area contributed by atoms with Crippen molar-refractivity contribution in [1.82, 2.24) is 0 Å². The average Bonchev–Trinajstić information content (AvgIpc) is 2.30. The van der Waals surface area contributed by atoms with Crippen LogP contribution in [-0.4, -0.2) is 13.4 Å². The third-order valence-electron chi connectivity index (χ3n) is 1.33. The molecule has 0 amide bonds. The van der Waals surface area contributed by atoms with E-state index >= 15 is 0 Å². The van der Waals surface area contributed by atoms with Gasteiger partial charge in [-0.2, -0.15) is 0 Å². The molecule has 0 aliphatic rings. The average molecular weight is 156 g/mol. The van der Waals surface area contributed by atoms with Gasteiger partial charge in [-0.15, -0.1) is 11.3 Å². The highest BCUT2D eigenvalue weighted by molar-refractivity contribution is 7.10. The van der Waals surface area contributed by atoms with E-state index < -0.39 is 0 Å². The summed E-state index contributed by atoms with van der Waals surface area (Å²) in [7, 11) is 1.56. The molecule has 0 fully saturated rings. The summed E-state index contributed by atoms with van der Waals surface area (Å²) in [6.07, 6.45) is 0.824. The Morgan fingerprint density at radius 1 is 1.70 bits per heavy atom. The molecule has 10 heavy (non-hydrogen) atoms. The first-order chi connectivity index (χ1) is 4.79. The third kappa shape index (κ3) is 1.04. The summed E-state index contributed by atoms with van der Waals surface area (Å²) >= 11 is 1.52. The highest BCUT2D eigenvalue weighted by atomic mass is 32.1. The van der Waals surface area contributed by atoms with Crippen LogP contribution in [0.2, 0.25) is 0 Å². The fraction of sp³-hybridized carbons (Fsp3) is 0.286. The molecule has 1 rings (SSSR count). The number of carbonyl (C=O) groups is 1. The standard InChI is InChI=1S/C7H8O2S/c1-5-6(3-8)7(9-2)4-10-5/h3-4H,1-2H3. The van der Waals surface area contributed by atoms with Crippen LogP contribution in [0.5, 0.6) is 5.75 Å². The molecule has 0 radical (unpaired) electrons. The van der Waals surface area contributed by atoms with Crippen molar-refractivity contribution in [2.75, 3.05) is 7.11 Å². The first-order valence-electron chi connectivity index (χ1n) is 2.87. The van der Waals surface area contributed by atoms with Crippen LogP contribution in [0, 0.1) is 6.92 Å². The van der Waals surface area contributed by atoms with Gasteiger partial charge in [-0.25, -0.2) is 0 Å². The zero-order valence-electron chi connectivity index (χ0n) is 5.88. The van der Waals surface area contributed by atoms with Crippen LogP contribution < -0.4 is 4.74 Å². The Bertz CT molecular complexity index is 240. The monoisotopic (exact) mass is 156 g/mol. The van der Waals surface area contributed by atoms with Crippen LogP contribution in [0.3, 0.4) is 0 Å². The molecule has 0 N–H and O–H groups in total. The van der Waals surface area contributed by atoms with Gasteiger partial charge >= 0.3 is 0 Å². The fourth-order valence-electron chi connectivity index (χ4n) is 0.741. The molecule has 54 valence electrons. The number of methoxy groups -OCH3 is 1. The Kier molecular flexibility index (Phi) is 2.06. The molecule has 0 unspecified atom stereocenters. The van der Waals surface area contributed by atoms with Gasteiger partial charge in [-0.3, -0.25) is 4.79 Å². The number of hydrogen-bond acceptors (Lipinski definition) is 3. The lowest BCUT2D eigenvalue weighted by Gasteiger charge is -1.94. The summed E-state index contributed by atoms with van der Waals surface area (Å²) in [6, 6.07) is 0. The van der Waals surface area contributed by atoms with E-state index in [-0.39, 0.29) is 0 Å². The second-order valence-corrected chi connectivity index (χ2v) is 2.98. The van der Waals surface area contributed by atoms with Crippen molar-refractivity contribution >= 4 is 17.6 Å². The van der Waals surface area contributed by atoms with E-state index in [4.69, 9.17) is 4.74 Å². The lowest BCUT2D eigenvalue weighted by atomic mass is 10.3. The minimum Gasteiger partial charge on any atom is -0.495 e. The molecule has 0 spiro atoms. The number of rotatable bonds is 2. The van der Waals surface area contributed by atoms with E-state index in [0.717, 1.165) is 11.2 Å². The van der Waals surface area contributed by atoms with Gasteiger partial charge in [-0.1, -0.05) is 0 Å². The molecular weight excluding hydrogens is 148 g/mol. The molecule has 2 nitrogen and oxygen atoms in total. The SMILES string of the molecule is COc1csc(C)c1C=O. The second kappa shape index (κ2) is 2.84. The lowest BCUT2D eigenvalue weighted by Crippen LogP contribution is -1.85. The quantitative estimate of drug-likeness (QED) is 0.611. The Morgan fingerprint density at radius 3 is 2.80 bits per heavy atom. The molecule has 0 aliphatic heterocycles. The van der Waals surface area contributed by atoms with E-state index in [1.54, 1.807) is 7.11 Å². The summed E-state index contributed by atoms with van der Waals surface area (Å²) < 4.78 is 4.94. The topological polar surface area (TPSA) is 26.3 Å². The number of aryl methyl sites for hydroxylation is 1. The summed E-state index contributed by atoms with van der Waals surface area (Å²) in [4.78, 5) is 11.4. The minimum absolute atomic E-state index is 0.674. The first-order valence-corrected chi connectivity index (χ1v) is 3.74. The molecular formula is C7H8O2S. The normalized spacial score (nSPS) is 9.40. The Labute approximate surface area is 63.4 Å². The molecule has 3 heteroatoms. The zero-order valence-corrected chi connectivity index (χ0v) is 6.70. The zero-order chi connectivity index (χ0) is 7.56. The molecule has 0 aliphatic carbocycles. The van der Waals surface area contributed by atoms with E-state index in [0.29, 0.717) is 11.3 Å². The smallest absolute Gasteiger partial charge is 0.154 e. The van der Waals surface area contributed by atoms with Crippen LogP contribution in [0.4, 0.5) is 0 Å². The largest absolute Gasteiger partial charge is 0.495 e. The predicted octanol–water partition coefficient (Wildman–Crippen LogP) is 1.88. The summed E-state index contributed by atoms with van der Waals surface area (Å²) in [5.74, 6) is 0.678. The summed E-state index contributed by atoms with van der Waals surface area (Å²) in [6.45, 7) is 1.90. The number of ether oxygens (including phenoxy) is 1. The summed E-state index contributed by atoms with van der Waals surface area (Å²) in [5, 5.41) is 1.83. The molecule has 0 saturated heterocycles. The van der Waals surface area contributed by atoms with Gasteiger partial charge in [0.25, 0.3) is 0 Å². The Hall–Kier alpha value is -0.830. The second-order valence-electron chi connectivity index (χ2n) is 1.89. The van der Waals surface area contributed by atoms with Crippen LogP contribution in [0.15, 0.2) is 5.38 Å². The van der Waals surface area contributed by atoms with E-state index in [1.165, 1.54) is 11.3 Å². The maximum Gasteiger partial charge on any atom is 0.154 e. The molecule has 0 atom stereocenters. The molecule has 0 saturated carbocycles. The van der Waals surface area contributed by atoms with Gasteiger partial charge in [0, 0.05) is 10.3 Å². The van der Waals surface area contributed by atoms with Crippen molar-refractivity contribution in [3.63, 3.8) is 0 Å². The minimum atomic E-state index is 0.674. The Balaban J connectivity index is 3.12. The molecule has 0 aromatic carbocycles. The third-order valence-corrected chi connectivity index (χ3v) is 2.23. The van der Waals surface area contributed by atoms with Crippen LogP contribution >= 0.6 is 11.3 Å². The van der Waals surface area contributed by atoms with Crippen LogP contribution in [-0.2, 0) is 0 Å². The Morgan fingerprint density at radius 2 is 2.40 bits per heavy atom.